The van der Waals surface area contributed by atoms with E-state index >= 15 is 0 Å². The molecule has 2 rings (SSSR count). The zero-order chi connectivity index (χ0) is 12.3. The van der Waals surface area contributed by atoms with Crippen LogP contribution >= 0.6 is 11.3 Å². The van der Waals surface area contributed by atoms with Crippen molar-refractivity contribution in [2.24, 2.45) is 0 Å². The SMILES string of the molecule is CC(Nc1cccnc1N(C)C)c1cncs1. The first-order valence-electron chi connectivity index (χ1n) is 5.45. The molecule has 0 saturated carbocycles. The fourth-order valence-electron chi connectivity index (χ4n) is 1.61. The van der Waals surface area contributed by atoms with E-state index < -0.39 is 0 Å². The third kappa shape index (κ3) is 2.74. The highest BCUT2D eigenvalue weighted by Crippen LogP contribution is 2.26. The van der Waals surface area contributed by atoms with Gasteiger partial charge in [-0.3, -0.25) is 4.98 Å². The van der Waals surface area contributed by atoms with Crippen LogP contribution in [0, 0.1) is 0 Å². The minimum atomic E-state index is 0.241. The fourth-order valence-corrected chi connectivity index (χ4v) is 2.24. The molecule has 0 aromatic carbocycles. The summed E-state index contributed by atoms with van der Waals surface area (Å²) < 4.78 is 0. The minimum absolute atomic E-state index is 0.241. The summed E-state index contributed by atoms with van der Waals surface area (Å²) in [6.45, 7) is 2.12. The second-order valence-corrected chi connectivity index (χ2v) is 4.96. The predicted octanol–water partition coefficient (Wildman–Crippen LogP) is 2.78. The topological polar surface area (TPSA) is 41.1 Å². The van der Waals surface area contributed by atoms with Gasteiger partial charge in [-0.2, -0.15) is 0 Å². The standard InChI is InChI=1S/C12H16N4S/c1-9(11-7-13-8-17-11)15-10-5-4-6-14-12(10)16(2)3/h4-9,15H,1-3H3. The highest BCUT2D eigenvalue weighted by atomic mass is 32.1. The molecular weight excluding hydrogens is 232 g/mol. The summed E-state index contributed by atoms with van der Waals surface area (Å²) in [7, 11) is 3.98. The molecule has 0 aliphatic heterocycles. The number of aromatic nitrogens is 2. The van der Waals surface area contributed by atoms with E-state index in [4.69, 9.17) is 0 Å². The summed E-state index contributed by atoms with van der Waals surface area (Å²) in [6.07, 6.45) is 3.70. The molecule has 2 aromatic heterocycles. The molecule has 1 atom stereocenters. The van der Waals surface area contributed by atoms with E-state index in [2.05, 4.69) is 22.2 Å². The number of anilines is 2. The Morgan fingerprint density at radius 3 is 2.88 bits per heavy atom. The molecular formula is C12H16N4S. The van der Waals surface area contributed by atoms with E-state index in [1.165, 1.54) is 4.88 Å². The van der Waals surface area contributed by atoms with Crippen molar-refractivity contribution in [3.05, 3.63) is 34.9 Å². The first kappa shape index (κ1) is 11.9. The monoisotopic (exact) mass is 248 g/mol. The molecule has 5 heteroatoms. The van der Waals surface area contributed by atoms with Crippen molar-refractivity contribution in [1.82, 2.24) is 9.97 Å². The van der Waals surface area contributed by atoms with Crippen LogP contribution in [0.3, 0.4) is 0 Å². The van der Waals surface area contributed by atoms with Gasteiger partial charge in [-0.1, -0.05) is 0 Å². The Morgan fingerprint density at radius 2 is 2.24 bits per heavy atom. The Labute approximate surface area is 105 Å². The molecule has 2 aromatic rings. The normalized spacial score (nSPS) is 12.2. The van der Waals surface area contributed by atoms with Gasteiger partial charge in [-0.15, -0.1) is 11.3 Å². The van der Waals surface area contributed by atoms with Gasteiger partial charge in [-0.25, -0.2) is 4.98 Å². The second kappa shape index (κ2) is 5.14. The van der Waals surface area contributed by atoms with Gasteiger partial charge in [-0.05, 0) is 19.1 Å². The molecule has 4 nitrogen and oxygen atoms in total. The predicted molar refractivity (Wildman–Crippen MR) is 72.7 cm³/mol. The Hall–Kier alpha value is -1.62. The number of hydrogen-bond acceptors (Lipinski definition) is 5. The average molecular weight is 248 g/mol. The molecule has 2 heterocycles. The number of thiazole rings is 1. The van der Waals surface area contributed by atoms with Gasteiger partial charge in [0.15, 0.2) is 5.82 Å². The molecule has 0 spiro atoms. The Kier molecular flexibility index (Phi) is 3.58. The Balaban J connectivity index is 2.18. The summed E-state index contributed by atoms with van der Waals surface area (Å²) in [5, 5.41) is 3.46. The number of rotatable bonds is 4. The summed E-state index contributed by atoms with van der Waals surface area (Å²) in [5.74, 6) is 0.948. The van der Waals surface area contributed by atoms with E-state index in [0.717, 1.165) is 11.5 Å². The number of pyridine rings is 1. The van der Waals surface area contributed by atoms with Crippen molar-refractivity contribution in [1.29, 1.82) is 0 Å². The third-order valence-corrected chi connectivity index (χ3v) is 3.42. The first-order chi connectivity index (χ1) is 8.18. The Bertz CT molecular complexity index is 467. The second-order valence-electron chi connectivity index (χ2n) is 4.04. The molecule has 0 amide bonds. The summed E-state index contributed by atoms with van der Waals surface area (Å²) in [5.41, 5.74) is 2.89. The number of nitrogens with zero attached hydrogens (tertiary/aromatic N) is 3. The molecule has 1 N–H and O–H groups in total. The quantitative estimate of drug-likeness (QED) is 0.903. The number of hydrogen-bond donors (Lipinski definition) is 1. The van der Waals surface area contributed by atoms with Crippen LogP contribution in [0.15, 0.2) is 30.0 Å². The first-order valence-corrected chi connectivity index (χ1v) is 6.33. The van der Waals surface area contributed by atoms with Crippen molar-refractivity contribution in [3.8, 4) is 0 Å². The van der Waals surface area contributed by atoms with Gasteiger partial charge < -0.3 is 10.2 Å². The molecule has 0 fully saturated rings. The third-order valence-electron chi connectivity index (χ3n) is 2.46. The maximum Gasteiger partial charge on any atom is 0.151 e. The summed E-state index contributed by atoms with van der Waals surface area (Å²) in [6, 6.07) is 4.22. The maximum absolute atomic E-state index is 4.36. The van der Waals surface area contributed by atoms with Crippen LogP contribution in [0.5, 0.6) is 0 Å². The molecule has 90 valence electrons. The van der Waals surface area contributed by atoms with Crippen molar-refractivity contribution in [2.75, 3.05) is 24.3 Å². The summed E-state index contributed by atoms with van der Waals surface area (Å²) >= 11 is 1.66. The lowest BCUT2D eigenvalue weighted by Gasteiger charge is -2.19. The van der Waals surface area contributed by atoms with Crippen LogP contribution in [-0.4, -0.2) is 24.1 Å². The molecule has 0 aliphatic carbocycles. The van der Waals surface area contributed by atoms with Crippen molar-refractivity contribution >= 4 is 22.8 Å². The molecule has 0 radical (unpaired) electrons. The lowest BCUT2D eigenvalue weighted by Crippen LogP contribution is -2.15. The van der Waals surface area contributed by atoms with Gasteiger partial charge in [0.1, 0.15) is 0 Å². The van der Waals surface area contributed by atoms with Gasteiger partial charge in [0.05, 0.1) is 17.2 Å². The maximum atomic E-state index is 4.36. The molecule has 1 unspecified atom stereocenters. The van der Waals surface area contributed by atoms with Crippen molar-refractivity contribution in [2.45, 2.75) is 13.0 Å². The van der Waals surface area contributed by atoms with Crippen LogP contribution in [0.25, 0.3) is 0 Å². The van der Waals surface area contributed by atoms with E-state index in [1.54, 1.807) is 17.5 Å². The highest BCUT2D eigenvalue weighted by Gasteiger charge is 2.10. The van der Waals surface area contributed by atoms with Crippen molar-refractivity contribution in [3.63, 3.8) is 0 Å². The van der Waals surface area contributed by atoms with E-state index in [1.807, 2.05) is 42.8 Å². The molecule has 0 bridgehead atoms. The van der Waals surface area contributed by atoms with Crippen LogP contribution in [0.4, 0.5) is 11.5 Å². The lowest BCUT2D eigenvalue weighted by molar-refractivity contribution is 0.897. The van der Waals surface area contributed by atoms with Crippen molar-refractivity contribution < 1.29 is 0 Å². The van der Waals surface area contributed by atoms with Gasteiger partial charge in [0.25, 0.3) is 0 Å². The average Bonchev–Trinajstić information content (AvgIpc) is 2.83. The smallest absolute Gasteiger partial charge is 0.151 e. The highest BCUT2D eigenvalue weighted by molar-refractivity contribution is 7.09. The van der Waals surface area contributed by atoms with Crippen LogP contribution in [0.2, 0.25) is 0 Å². The van der Waals surface area contributed by atoms with Gasteiger partial charge >= 0.3 is 0 Å². The van der Waals surface area contributed by atoms with E-state index in [-0.39, 0.29) is 6.04 Å². The zero-order valence-corrected chi connectivity index (χ0v) is 11.0. The summed E-state index contributed by atoms with van der Waals surface area (Å²) in [4.78, 5) is 11.7. The van der Waals surface area contributed by atoms with Gasteiger partial charge in [0, 0.05) is 31.4 Å². The van der Waals surface area contributed by atoms with E-state index in [0.29, 0.717) is 0 Å². The minimum Gasteiger partial charge on any atom is -0.375 e. The largest absolute Gasteiger partial charge is 0.375 e. The van der Waals surface area contributed by atoms with Crippen LogP contribution < -0.4 is 10.2 Å². The zero-order valence-electron chi connectivity index (χ0n) is 10.2. The Morgan fingerprint density at radius 1 is 1.41 bits per heavy atom. The molecule has 0 aliphatic rings. The molecule has 17 heavy (non-hydrogen) atoms. The van der Waals surface area contributed by atoms with Crippen LogP contribution in [-0.2, 0) is 0 Å². The molecule has 0 saturated heterocycles. The fraction of sp³-hybridized carbons (Fsp3) is 0.333. The number of nitrogens with one attached hydrogen (secondary N) is 1. The van der Waals surface area contributed by atoms with Gasteiger partial charge in [0.2, 0.25) is 0 Å². The lowest BCUT2D eigenvalue weighted by atomic mass is 10.2. The van der Waals surface area contributed by atoms with Crippen LogP contribution in [0.1, 0.15) is 17.8 Å². The van der Waals surface area contributed by atoms with E-state index in [9.17, 15) is 0 Å².